The number of amides is 2. The van der Waals surface area contributed by atoms with Gasteiger partial charge in [0.2, 0.25) is 11.8 Å². The van der Waals surface area contributed by atoms with E-state index in [4.69, 9.17) is 16.3 Å². The van der Waals surface area contributed by atoms with Gasteiger partial charge in [0.1, 0.15) is 0 Å². The van der Waals surface area contributed by atoms with Crippen LogP contribution in [0.15, 0.2) is 12.1 Å². The molecule has 6 nitrogen and oxygen atoms in total. The average molecular weight is 462 g/mol. The molecule has 2 atom stereocenters. The Kier molecular flexibility index (Phi) is 7.74. The molecule has 32 heavy (non-hydrogen) atoms. The number of piperazine rings is 1. The summed E-state index contributed by atoms with van der Waals surface area (Å²) in [6, 6.07) is 4.05. The molecule has 3 fully saturated rings. The summed E-state index contributed by atoms with van der Waals surface area (Å²) in [7, 11) is 0. The second-order valence-corrected chi connectivity index (χ2v) is 10.3. The van der Waals surface area contributed by atoms with Crippen molar-refractivity contribution in [3.8, 4) is 0 Å². The third-order valence-corrected chi connectivity index (χ3v) is 7.56. The van der Waals surface area contributed by atoms with E-state index in [-0.39, 0.29) is 17.9 Å². The molecule has 2 unspecified atom stereocenters. The van der Waals surface area contributed by atoms with Gasteiger partial charge in [-0.25, -0.2) is 0 Å². The van der Waals surface area contributed by atoms with Crippen LogP contribution in [0.1, 0.15) is 56.6 Å². The SMILES string of the molecule is Cc1c(CN2CCN(C(=O)C3CCCC3)C(C)C2)cc(Cl)cc1NC(=O)CC1CCOC1. The van der Waals surface area contributed by atoms with Crippen molar-refractivity contribution >= 4 is 29.1 Å². The lowest BCUT2D eigenvalue weighted by atomic mass is 10.0. The predicted octanol–water partition coefficient (Wildman–Crippen LogP) is 4.24. The Balaban J connectivity index is 1.36. The molecule has 1 aliphatic carbocycles. The maximum atomic E-state index is 12.9. The molecule has 2 aliphatic heterocycles. The maximum Gasteiger partial charge on any atom is 0.226 e. The van der Waals surface area contributed by atoms with Gasteiger partial charge in [-0.15, -0.1) is 0 Å². The molecule has 3 aliphatic rings. The van der Waals surface area contributed by atoms with E-state index < -0.39 is 0 Å². The Labute approximate surface area is 196 Å². The minimum absolute atomic E-state index is 0.0180. The van der Waals surface area contributed by atoms with E-state index in [2.05, 4.69) is 22.0 Å². The molecule has 0 aromatic heterocycles. The van der Waals surface area contributed by atoms with Gasteiger partial charge in [-0.05, 0) is 62.3 Å². The minimum atomic E-state index is 0.0180. The fourth-order valence-electron chi connectivity index (χ4n) is 5.39. The number of nitrogens with zero attached hydrogens (tertiary/aromatic N) is 2. The number of hydrogen-bond acceptors (Lipinski definition) is 4. The normalized spacial score (nSPS) is 24.8. The van der Waals surface area contributed by atoms with Crippen LogP contribution in [0.3, 0.4) is 0 Å². The number of halogens is 1. The van der Waals surface area contributed by atoms with Crippen LogP contribution in [0.5, 0.6) is 0 Å². The fourth-order valence-corrected chi connectivity index (χ4v) is 5.63. The molecule has 176 valence electrons. The number of benzene rings is 1. The number of ether oxygens (including phenoxy) is 1. The summed E-state index contributed by atoms with van der Waals surface area (Å²) in [6.07, 6.45) is 5.90. The molecule has 2 heterocycles. The van der Waals surface area contributed by atoms with Gasteiger partial charge < -0.3 is 15.0 Å². The van der Waals surface area contributed by atoms with Gasteiger partial charge in [-0.1, -0.05) is 24.4 Å². The molecule has 2 saturated heterocycles. The summed E-state index contributed by atoms with van der Waals surface area (Å²) in [5.41, 5.74) is 2.97. The lowest BCUT2D eigenvalue weighted by Gasteiger charge is -2.41. The van der Waals surface area contributed by atoms with Crippen molar-refractivity contribution in [2.24, 2.45) is 11.8 Å². The van der Waals surface area contributed by atoms with Crippen molar-refractivity contribution in [3.63, 3.8) is 0 Å². The second-order valence-electron chi connectivity index (χ2n) is 9.82. The van der Waals surface area contributed by atoms with Gasteiger partial charge in [0, 0.05) is 68.5 Å². The number of anilines is 1. The highest BCUT2D eigenvalue weighted by Gasteiger charge is 2.33. The smallest absolute Gasteiger partial charge is 0.226 e. The van der Waals surface area contributed by atoms with Gasteiger partial charge in [-0.2, -0.15) is 0 Å². The molecule has 2 amide bonds. The molecule has 0 spiro atoms. The van der Waals surface area contributed by atoms with E-state index in [1.807, 2.05) is 19.1 Å². The predicted molar refractivity (Wildman–Crippen MR) is 127 cm³/mol. The van der Waals surface area contributed by atoms with Crippen LogP contribution >= 0.6 is 11.6 Å². The number of rotatable bonds is 6. The summed E-state index contributed by atoms with van der Waals surface area (Å²) in [6.45, 7) is 8.87. The molecule has 0 bridgehead atoms. The van der Waals surface area contributed by atoms with Gasteiger partial charge in [0.05, 0.1) is 0 Å². The zero-order valence-corrected chi connectivity index (χ0v) is 20.1. The average Bonchev–Trinajstić information content (AvgIpc) is 3.45. The third-order valence-electron chi connectivity index (χ3n) is 7.35. The van der Waals surface area contributed by atoms with E-state index >= 15 is 0 Å². The van der Waals surface area contributed by atoms with Crippen LogP contribution in [0.4, 0.5) is 5.69 Å². The number of hydrogen-bond donors (Lipinski definition) is 1. The molecule has 1 aromatic carbocycles. The fraction of sp³-hybridized carbons (Fsp3) is 0.680. The van der Waals surface area contributed by atoms with Crippen LogP contribution in [-0.2, 0) is 20.9 Å². The van der Waals surface area contributed by atoms with E-state index in [1.54, 1.807) is 0 Å². The van der Waals surface area contributed by atoms with Crippen molar-refractivity contribution < 1.29 is 14.3 Å². The summed E-state index contributed by atoms with van der Waals surface area (Å²) in [5, 5.41) is 3.70. The first-order chi connectivity index (χ1) is 15.4. The summed E-state index contributed by atoms with van der Waals surface area (Å²) in [4.78, 5) is 29.9. The highest BCUT2D eigenvalue weighted by atomic mass is 35.5. The standard InChI is InChI=1S/C25H36ClN3O3/c1-17-14-28(8-9-29(17)25(31)20-5-3-4-6-20)15-21-12-22(26)13-23(18(21)2)27-24(30)11-19-7-10-32-16-19/h12-13,17,19-20H,3-11,14-16H2,1-2H3,(H,27,30). The van der Waals surface area contributed by atoms with Gasteiger partial charge in [-0.3, -0.25) is 14.5 Å². The van der Waals surface area contributed by atoms with Gasteiger partial charge in [0.25, 0.3) is 0 Å². The molecule has 7 heteroatoms. The van der Waals surface area contributed by atoms with Crippen molar-refractivity contribution in [1.29, 1.82) is 0 Å². The second kappa shape index (κ2) is 10.5. The van der Waals surface area contributed by atoms with Crippen molar-refractivity contribution in [2.45, 2.75) is 65.0 Å². The number of carbonyl (C=O) groups excluding carboxylic acids is 2. The largest absolute Gasteiger partial charge is 0.381 e. The van der Waals surface area contributed by atoms with Crippen LogP contribution in [0.2, 0.25) is 5.02 Å². The Morgan fingerprint density at radius 3 is 2.66 bits per heavy atom. The molecule has 1 saturated carbocycles. The van der Waals surface area contributed by atoms with Crippen LogP contribution in [-0.4, -0.2) is 60.5 Å². The molecular weight excluding hydrogens is 426 g/mol. The highest BCUT2D eigenvalue weighted by Crippen LogP contribution is 2.30. The van der Waals surface area contributed by atoms with Crippen molar-refractivity contribution in [3.05, 3.63) is 28.3 Å². The Bertz CT molecular complexity index is 834. The van der Waals surface area contributed by atoms with Crippen LogP contribution in [0, 0.1) is 18.8 Å². The van der Waals surface area contributed by atoms with Crippen molar-refractivity contribution in [2.75, 3.05) is 38.2 Å². The quantitative estimate of drug-likeness (QED) is 0.688. The Morgan fingerprint density at radius 2 is 1.97 bits per heavy atom. The zero-order chi connectivity index (χ0) is 22.7. The number of carbonyl (C=O) groups is 2. The molecule has 0 radical (unpaired) electrons. The first-order valence-corrected chi connectivity index (χ1v) is 12.5. The highest BCUT2D eigenvalue weighted by molar-refractivity contribution is 6.31. The van der Waals surface area contributed by atoms with E-state index in [0.29, 0.717) is 29.9 Å². The molecule has 4 rings (SSSR count). The topological polar surface area (TPSA) is 61.9 Å². The van der Waals surface area contributed by atoms with Gasteiger partial charge in [0.15, 0.2) is 0 Å². The van der Waals surface area contributed by atoms with Crippen LogP contribution in [0.25, 0.3) is 0 Å². The van der Waals surface area contributed by atoms with Crippen LogP contribution < -0.4 is 5.32 Å². The monoisotopic (exact) mass is 461 g/mol. The minimum Gasteiger partial charge on any atom is -0.381 e. The lowest BCUT2D eigenvalue weighted by molar-refractivity contribution is -0.140. The first-order valence-electron chi connectivity index (χ1n) is 12.1. The summed E-state index contributed by atoms with van der Waals surface area (Å²) < 4.78 is 5.38. The Hall–Kier alpha value is -1.63. The summed E-state index contributed by atoms with van der Waals surface area (Å²) >= 11 is 6.42. The maximum absolute atomic E-state index is 12.9. The third kappa shape index (κ3) is 5.64. The van der Waals surface area contributed by atoms with Gasteiger partial charge >= 0.3 is 0 Å². The van der Waals surface area contributed by atoms with Crippen molar-refractivity contribution in [1.82, 2.24) is 9.80 Å². The van der Waals surface area contributed by atoms with E-state index in [1.165, 1.54) is 12.8 Å². The van der Waals surface area contributed by atoms with E-state index in [0.717, 1.165) is 68.9 Å². The van der Waals surface area contributed by atoms with E-state index in [9.17, 15) is 9.59 Å². The lowest BCUT2D eigenvalue weighted by Crippen LogP contribution is -2.54. The zero-order valence-electron chi connectivity index (χ0n) is 19.4. The Morgan fingerprint density at radius 1 is 1.19 bits per heavy atom. The molecule has 1 N–H and O–H groups in total. The molecule has 1 aromatic rings. The number of nitrogens with one attached hydrogen (secondary N) is 1. The summed E-state index contributed by atoms with van der Waals surface area (Å²) in [5.74, 6) is 0.913. The molecular formula is C25H36ClN3O3. The first kappa shape index (κ1) is 23.5.